The summed E-state index contributed by atoms with van der Waals surface area (Å²) in [6.07, 6.45) is 3.11. The summed E-state index contributed by atoms with van der Waals surface area (Å²) in [6.45, 7) is 2.11. The fourth-order valence-electron chi connectivity index (χ4n) is 2.22. The summed E-state index contributed by atoms with van der Waals surface area (Å²) in [5.74, 6) is 0. The van der Waals surface area contributed by atoms with E-state index in [1.165, 1.54) is 21.7 Å². The molecule has 2 nitrogen and oxygen atoms in total. The van der Waals surface area contributed by atoms with Crippen molar-refractivity contribution in [2.75, 3.05) is 0 Å². The van der Waals surface area contributed by atoms with Crippen molar-refractivity contribution in [2.45, 2.75) is 32.2 Å². The summed E-state index contributed by atoms with van der Waals surface area (Å²) in [5, 5.41) is 1.14. The van der Waals surface area contributed by atoms with Crippen LogP contribution in [0.15, 0.2) is 24.3 Å². The Morgan fingerprint density at radius 2 is 2.06 bits per heavy atom. The van der Waals surface area contributed by atoms with E-state index in [-0.39, 0.29) is 0 Å². The second kappa shape index (κ2) is 4.24. The number of hydrogen-bond donors (Lipinski definition) is 1. The van der Waals surface area contributed by atoms with Crippen LogP contribution in [0, 0.1) is 6.92 Å². The SMILES string of the molecule is Cc1ccc(-c2nc3c(s2)CC(N)CC3)cc1. The number of fused-ring (bicyclic) bond motifs is 1. The highest BCUT2D eigenvalue weighted by Crippen LogP contribution is 2.32. The normalized spacial score (nSPS) is 19.1. The van der Waals surface area contributed by atoms with Crippen molar-refractivity contribution >= 4 is 11.3 Å². The van der Waals surface area contributed by atoms with Crippen molar-refractivity contribution in [1.29, 1.82) is 0 Å². The Morgan fingerprint density at radius 3 is 2.82 bits per heavy atom. The zero-order chi connectivity index (χ0) is 11.8. The first kappa shape index (κ1) is 10.9. The van der Waals surface area contributed by atoms with Gasteiger partial charge in [0.15, 0.2) is 0 Å². The molecular weight excluding hydrogens is 228 g/mol. The van der Waals surface area contributed by atoms with Crippen LogP contribution in [0.4, 0.5) is 0 Å². The summed E-state index contributed by atoms with van der Waals surface area (Å²) in [6, 6.07) is 8.91. The molecule has 2 N–H and O–H groups in total. The van der Waals surface area contributed by atoms with E-state index in [1.54, 1.807) is 11.3 Å². The van der Waals surface area contributed by atoms with E-state index in [4.69, 9.17) is 10.7 Å². The number of nitrogens with two attached hydrogens (primary N) is 1. The third kappa shape index (κ3) is 2.13. The molecule has 1 aromatic heterocycles. The largest absolute Gasteiger partial charge is 0.327 e. The van der Waals surface area contributed by atoms with E-state index in [0.29, 0.717) is 6.04 Å². The fourth-order valence-corrected chi connectivity index (χ4v) is 3.43. The number of aromatic nitrogens is 1. The molecule has 1 atom stereocenters. The molecule has 0 radical (unpaired) electrons. The number of benzene rings is 1. The Labute approximate surface area is 106 Å². The van der Waals surface area contributed by atoms with Crippen LogP contribution in [0.3, 0.4) is 0 Å². The molecule has 0 amide bonds. The second-order valence-corrected chi connectivity index (χ2v) is 5.84. The Kier molecular flexibility index (Phi) is 2.73. The zero-order valence-electron chi connectivity index (χ0n) is 9.94. The van der Waals surface area contributed by atoms with Crippen LogP contribution in [0.5, 0.6) is 0 Å². The standard InChI is InChI=1S/C14H16N2S/c1-9-2-4-10(5-3-9)14-16-12-7-6-11(15)8-13(12)17-14/h2-5,11H,6-8,15H2,1H3. The third-order valence-corrected chi connectivity index (χ3v) is 4.45. The van der Waals surface area contributed by atoms with E-state index in [9.17, 15) is 0 Å². The smallest absolute Gasteiger partial charge is 0.123 e. The van der Waals surface area contributed by atoms with E-state index in [0.717, 1.165) is 24.3 Å². The van der Waals surface area contributed by atoms with Gasteiger partial charge >= 0.3 is 0 Å². The van der Waals surface area contributed by atoms with Crippen LogP contribution in [-0.2, 0) is 12.8 Å². The lowest BCUT2D eigenvalue weighted by atomic mass is 9.99. The molecule has 1 unspecified atom stereocenters. The van der Waals surface area contributed by atoms with Gasteiger partial charge in [-0.1, -0.05) is 29.8 Å². The first-order valence-corrected chi connectivity index (χ1v) is 6.85. The van der Waals surface area contributed by atoms with Gasteiger partial charge in [-0.3, -0.25) is 0 Å². The van der Waals surface area contributed by atoms with Crippen LogP contribution in [0.2, 0.25) is 0 Å². The van der Waals surface area contributed by atoms with Gasteiger partial charge in [0.1, 0.15) is 5.01 Å². The first-order chi connectivity index (χ1) is 8.22. The van der Waals surface area contributed by atoms with Crippen molar-refractivity contribution in [3.8, 4) is 10.6 Å². The highest BCUT2D eigenvalue weighted by atomic mass is 32.1. The lowest BCUT2D eigenvalue weighted by Gasteiger charge is -2.15. The van der Waals surface area contributed by atoms with Gasteiger partial charge in [-0.2, -0.15) is 0 Å². The summed E-state index contributed by atoms with van der Waals surface area (Å²) in [7, 11) is 0. The van der Waals surface area contributed by atoms with Gasteiger partial charge in [0.2, 0.25) is 0 Å². The summed E-state index contributed by atoms with van der Waals surface area (Å²) >= 11 is 1.81. The molecule has 3 rings (SSSR count). The van der Waals surface area contributed by atoms with Crippen LogP contribution >= 0.6 is 11.3 Å². The maximum atomic E-state index is 6.00. The quantitative estimate of drug-likeness (QED) is 0.837. The number of nitrogens with zero attached hydrogens (tertiary/aromatic N) is 1. The number of rotatable bonds is 1. The minimum Gasteiger partial charge on any atom is -0.327 e. The van der Waals surface area contributed by atoms with Crippen LogP contribution in [0.1, 0.15) is 22.6 Å². The van der Waals surface area contributed by atoms with Gasteiger partial charge in [-0.15, -0.1) is 11.3 Å². The Hall–Kier alpha value is -1.19. The van der Waals surface area contributed by atoms with E-state index < -0.39 is 0 Å². The number of hydrogen-bond acceptors (Lipinski definition) is 3. The molecule has 0 fully saturated rings. The molecule has 0 bridgehead atoms. The number of aryl methyl sites for hydroxylation is 2. The number of thiazole rings is 1. The van der Waals surface area contributed by atoms with E-state index >= 15 is 0 Å². The molecule has 88 valence electrons. The average Bonchev–Trinajstić information content (AvgIpc) is 2.72. The van der Waals surface area contributed by atoms with Gasteiger partial charge in [-0.25, -0.2) is 4.98 Å². The van der Waals surface area contributed by atoms with Crippen molar-refractivity contribution in [2.24, 2.45) is 5.73 Å². The van der Waals surface area contributed by atoms with Gasteiger partial charge in [0, 0.05) is 16.5 Å². The molecule has 3 heteroatoms. The molecule has 0 spiro atoms. The molecule has 17 heavy (non-hydrogen) atoms. The summed E-state index contributed by atoms with van der Waals surface area (Å²) in [5.41, 5.74) is 9.78. The highest BCUT2D eigenvalue weighted by molar-refractivity contribution is 7.15. The minimum atomic E-state index is 0.328. The lowest BCUT2D eigenvalue weighted by Crippen LogP contribution is -2.26. The topological polar surface area (TPSA) is 38.9 Å². The van der Waals surface area contributed by atoms with Crippen molar-refractivity contribution < 1.29 is 0 Å². The van der Waals surface area contributed by atoms with Gasteiger partial charge in [0.05, 0.1) is 5.69 Å². The molecule has 1 heterocycles. The van der Waals surface area contributed by atoms with Crippen LogP contribution in [0.25, 0.3) is 10.6 Å². The zero-order valence-corrected chi connectivity index (χ0v) is 10.8. The van der Waals surface area contributed by atoms with Crippen molar-refractivity contribution in [3.05, 3.63) is 40.4 Å². The molecule has 2 aromatic rings. The highest BCUT2D eigenvalue weighted by Gasteiger charge is 2.20. The van der Waals surface area contributed by atoms with E-state index in [1.807, 2.05) is 0 Å². The predicted molar refractivity (Wildman–Crippen MR) is 72.3 cm³/mol. The van der Waals surface area contributed by atoms with Crippen molar-refractivity contribution in [1.82, 2.24) is 4.98 Å². The predicted octanol–water partition coefficient (Wildman–Crippen LogP) is 2.93. The average molecular weight is 244 g/mol. The Balaban J connectivity index is 1.97. The lowest BCUT2D eigenvalue weighted by molar-refractivity contribution is 0.576. The van der Waals surface area contributed by atoms with Gasteiger partial charge in [0.25, 0.3) is 0 Å². The Bertz CT molecular complexity index is 528. The third-order valence-electron chi connectivity index (χ3n) is 3.28. The maximum Gasteiger partial charge on any atom is 0.123 e. The molecule has 0 saturated carbocycles. The van der Waals surface area contributed by atoms with Gasteiger partial charge < -0.3 is 5.73 Å². The van der Waals surface area contributed by atoms with Crippen molar-refractivity contribution in [3.63, 3.8) is 0 Å². The molecule has 1 aliphatic carbocycles. The maximum absolute atomic E-state index is 6.00. The monoisotopic (exact) mass is 244 g/mol. The molecule has 0 saturated heterocycles. The Morgan fingerprint density at radius 1 is 1.29 bits per heavy atom. The molecular formula is C14H16N2S. The van der Waals surface area contributed by atoms with Crippen LogP contribution in [-0.4, -0.2) is 11.0 Å². The molecule has 1 aromatic carbocycles. The minimum absolute atomic E-state index is 0.328. The first-order valence-electron chi connectivity index (χ1n) is 6.03. The fraction of sp³-hybridized carbons (Fsp3) is 0.357. The summed E-state index contributed by atoms with van der Waals surface area (Å²) in [4.78, 5) is 6.14. The van der Waals surface area contributed by atoms with Crippen LogP contribution < -0.4 is 5.73 Å². The van der Waals surface area contributed by atoms with E-state index in [2.05, 4.69) is 31.2 Å². The molecule has 1 aliphatic rings. The summed E-state index contributed by atoms with van der Waals surface area (Å²) < 4.78 is 0. The second-order valence-electron chi connectivity index (χ2n) is 4.76. The van der Waals surface area contributed by atoms with Gasteiger partial charge in [-0.05, 0) is 26.2 Å². The molecule has 0 aliphatic heterocycles.